The summed E-state index contributed by atoms with van der Waals surface area (Å²) in [5.74, 6) is 1.76. The van der Waals surface area contributed by atoms with Crippen LogP contribution in [0.2, 0.25) is 0 Å². The summed E-state index contributed by atoms with van der Waals surface area (Å²) < 4.78 is 5.08. The highest BCUT2D eigenvalue weighted by Crippen LogP contribution is 2.17. The monoisotopic (exact) mass is 251 g/mol. The van der Waals surface area contributed by atoms with E-state index >= 15 is 0 Å². The number of aromatic nitrogens is 1. The van der Waals surface area contributed by atoms with Crippen molar-refractivity contribution in [2.75, 3.05) is 12.9 Å². The molecule has 17 heavy (non-hydrogen) atoms. The minimum atomic E-state index is 0.575. The Bertz CT molecular complexity index is 408. The van der Waals surface area contributed by atoms with Crippen LogP contribution in [0.25, 0.3) is 0 Å². The predicted molar refractivity (Wildman–Crippen MR) is 71.6 cm³/mol. The van der Waals surface area contributed by atoms with Crippen LogP contribution in [0.1, 0.15) is 18.9 Å². The van der Waals surface area contributed by atoms with Crippen LogP contribution in [-0.2, 0) is 6.54 Å². The third-order valence-corrected chi connectivity index (χ3v) is 3.74. The maximum atomic E-state index is 5.08. The molecule has 5 heteroatoms. The van der Waals surface area contributed by atoms with Crippen molar-refractivity contribution in [2.45, 2.75) is 25.9 Å². The molecule has 1 aliphatic heterocycles. The number of nitrogens with zero attached hydrogens (tertiary/aromatic N) is 2. The van der Waals surface area contributed by atoms with E-state index in [1.165, 1.54) is 0 Å². The molecule has 0 spiro atoms. The van der Waals surface area contributed by atoms with Gasteiger partial charge in [-0.2, -0.15) is 0 Å². The van der Waals surface area contributed by atoms with Crippen LogP contribution in [0.3, 0.4) is 0 Å². The molecule has 4 nitrogen and oxygen atoms in total. The molecule has 1 aromatic heterocycles. The summed E-state index contributed by atoms with van der Waals surface area (Å²) in [4.78, 5) is 8.62. The molecule has 2 rings (SSSR count). The molecule has 0 bridgehead atoms. The number of hydrogen-bond acceptors (Lipinski definition) is 4. The van der Waals surface area contributed by atoms with Crippen molar-refractivity contribution < 1.29 is 4.74 Å². The third-order valence-electron chi connectivity index (χ3n) is 2.66. The molecule has 0 amide bonds. The largest absolute Gasteiger partial charge is 0.481 e. The Morgan fingerprint density at radius 3 is 3.24 bits per heavy atom. The maximum absolute atomic E-state index is 5.08. The van der Waals surface area contributed by atoms with E-state index in [9.17, 15) is 0 Å². The zero-order valence-electron chi connectivity index (χ0n) is 10.1. The number of aliphatic imine (C=N–C) groups is 1. The lowest BCUT2D eigenvalue weighted by molar-refractivity contribution is 0.397. The Hall–Kier alpha value is -1.23. The zero-order valence-corrected chi connectivity index (χ0v) is 11.0. The van der Waals surface area contributed by atoms with Gasteiger partial charge in [0.2, 0.25) is 5.88 Å². The molecule has 1 N–H and O–H groups in total. The second kappa shape index (κ2) is 5.91. The first kappa shape index (κ1) is 12.2. The Morgan fingerprint density at radius 1 is 1.65 bits per heavy atom. The summed E-state index contributed by atoms with van der Waals surface area (Å²) in [7, 11) is 1.62. The predicted octanol–water partition coefficient (Wildman–Crippen LogP) is 2.06. The van der Waals surface area contributed by atoms with E-state index in [0.717, 1.165) is 22.9 Å². The number of methoxy groups -OCH3 is 1. The first-order chi connectivity index (χ1) is 8.31. The van der Waals surface area contributed by atoms with E-state index < -0.39 is 0 Å². The second-order valence-corrected chi connectivity index (χ2v) is 4.90. The van der Waals surface area contributed by atoms with Gasteiger partial charge in [-0.1, -0.05) is 18.7 Å². The molecule has 0 radical (unpaired) electrons. The van der Waals surface area contributed by atoms with Gasteiger partial charge in [-0.25, -0.2) is 4.98 Å². The van der Waals surface area contributed by atoms with Crippen LogP contribution in [0, 0.1) is 0 Å². The molecule has 0 saturated carbocycles. The highest BCUT2D eigenvalue weighted by Gasteiger charge is 2.17. The molecule has 1 fully saturated rings. The van der Waals surface area contributed by atoms with Crippen LogP contribution in [0.4, 0.5) is 0 Å². The molecule has 2 heterocycles. The number of thioether (sulfide) groups is 1. The third kappa shape index (κ3) is 3.36. The molecular formula is C12H17N3OS. The molecular weight excluding hydrogens is 234 g/mol. The van der Waals surface area contributed by atoms with Gasteiger partial charge >= 0.3 is 0 Å². The molecule has 1 aliphatic rings. The van der Waals surface area contributed by atoms with Gasteiger partial charge in [-0.3, -0.25) is 4.99 Å². The number of nitrogens with one attached hydrogen (secondary N) is 1. The normalized spacial score (nSPS) is 21.5. The average Bonchev–Trinajstić information content (AvgIpc) is 2.84. The van der Waals surface area contributed by atoms with Crippen molar-refractivity contribution in [2.24, 2.45) is 4.99 Å². The van der Waals surface area contributed by atoms with Crippen LogP contribution in [0.5, 0.6) is 5.88 Å². The summed E-state index contributed by atoms with van der Waals surface area (Å²) in [6.07, 6.45) is 2.90. The molecule has 92 valence electrons. The van der Waals surface area contributed by atoms with Crippen LogP contribution >= 0.6 is 11.8 Å². The summed E-state index contributed by atoms with van der Waals surface area (Å²) in [5.41, 5.74) is 1.12. The average molecular weight is 251 g/mol. The van der Waals surface area contributed by atoms with E-state index in [0.29, 0.717) is 18.5 Å². The van der Waals surface area contributed by atoms with Crippen LogP contribution in [-0.4, -0.2) is 29.1 Å². The number of amidine groups is 1. The standard InChI is InChI=1S/C12H17N3OS/c1-3-10-8-17-12(15-10)14-7-9-4-5-13-11(6-9)16-2/h4-6,10H,3,7-8H2,1-2H3,(H,14,15). The number of rotatable bonds is 4. The van der Waals surface area contributed by atoms with E-state index in [1.54, 1.807) is 25.1 Å². The van der Waals surface area contributed by atoms with Crippen LogP contribution in [0.15, 0.2) is 23.3 Å². The van der Waals surface area contributed by atoms with E-state index in [4.69, 9.17) is 4.74 Å². The van der Waals surface area contributed by atoms with Gasteiger partial charge < -0.3 is 10.1 Å². The van der Waals surface area contributed by atoms with Crippen LogP contribution < -0.4 is 10.1 Å². The van der Waals surface area contributed by atoms with Gasteiger partial charge in [0.25, 0.3) is 0 Å². The van der Waals surface area contributed by atoms with Gasteiger partial charge in [0.05, 0.1) is 13.7 Å². The summed E-state index contributed by atoms with van der Waals surface area (Å²) in [5, 5.41) is 4.45. The second-order valence-electron chi connectivity index (χ2n) is 3.89. The van der Waals surface area contributed by atoms with Crippen molar-refractivity contribution in [3.05, 3.63) is 23.9 Å². The molecule has 0 aliphatic carbocycles. The highest BCUT2D eigenvalue weighted by atomic mass is 32.2. The van der Waals surface area contributed by atoms with Gasteiger partial charge in [-0.05, 0) is 18.1 Å². The van der Waals surface area contributed by atoms with Crippen molar-refractivity contribution in [1.29, 1.82) is 0 Å². The number of hydrogen-bond donors (Lipinski definition) is 1. The van der Waals surface area contributed by atoms with Gasteiger partial charge in [0.1, 0.15) is 0 Å². The smallest absolute Gasteiger partial charge is 0.213 e. The fraction of sp³-hybridized carbons (Fsp3) is 0.500. The first-order valence-electron chi connectivity index (χ1n) is 5.74. The fourth-order valence-electron chi connectivity index (χ4n) is 1.57. The molecule has 1 aromatic rings. The van der Waals surface area contributed by atoms with E-state index in [-0.39, 0.29) is 0 Å². The molecule has 0 aromatic carbocycles. The summed E-state index contributed by atoms with van der Waals surface area (Å²) in [6.45, 7) is 2.86. The lowest BCUT2D eigenvalue weighted by Crippen LogP contribution is -2.25. The first-order valence-corrected chi connectivity index (χ1v) is 6.73. The minimum Gasteiger partial charge on any atom is -0.481 e. The van der Waals surface area contributed by atoms with Crippen molar-refractivity contribution >= 4 is 16.9 Å². The van der Waals surface area contributed by atoms with Gasteiger partial charge in [0, 0.05) is 24.1 Å². The van der Waals surface area contributed by atoms with E-state index in [1.807, 2.05) is 12.1 Å². The minimum absolute atomic E-state index is 0.575. The SMILES string of the molecule is CCC1CSC(=NCc2ccnc(OC)c2)N1. The Balaban J connectivity index is 1.95. The molecule has 1 atom stereocenters. The number of pyridine rings is 1. The highest BCUT2D eigenvalue weighted by molar-refractivity contribution is 8.14. The van der Waals surface area contributed by atoms with Crippen molar-refractivity contribution in [1.82, 2.24) is 10.3 Å². The number of ether oxygens (including phenoxy) is 1. The van der Waals surface area contributed by atoms with Gasteiger partial charge in [0.15, 0.2) is 5.17 Å². The summed E-state index contributed by atoms with van der Waals surface area (Å²) in [6, 6.07) is 4.45. The van der Waals surface area contributed by atoms with E-state index in [2.05, 4.69) is 22.2 Å². The Labute approximate surface area is 106 Å². The topological polar surface area (TPSA) is 46.5 Å². The lowest BCUT2D eigenvalue weighted by Gasteiger charge is -2.05. The van der Waals surface area contributed by atoms with Gasteiger partial charge in [-0.15, -0.1) is 0 Å². The molecule has 1 saturated heterocycles. The van der Waals surface area contributed by atoms with Crippen molar-refractivity contribution in [3.8, 4) is 5.88 Å². The Kier molecular flexibility index (Phi) is 4.25. The maximum Gasteiger partial charge on any atom is 0.213 e. The zero-order chi connectivity index (χ0) is 12.1. The van der Waals surface area contributed by atoms with Crippen molar-refractivity contribution in [3.63, 3.8) is 0 Å². The fourth-order valence-corrected chi connectivity index (χ4v) is 2.66. The quantitative estimate of drug-likeness (QED) is 0.890. The molecule has 1 unspecified atom stereocenters. The lowest BCUT2D eigenvalue weighted by atomic mass is 10.2. The summed E-state index contributed by atoms with van der Waals surface area (Å²) >= 11 is 1.80. The Morgan fingerprint density at radius 2 is 2.53 bits per heavy atom.